The predicted molar refractivity (Wildman–Crippen MR) is 75.0 cm³/mol. The summed E-state index contributed by atoms with van der Waals surface area (Å²) in [7, 11) is 0. The normalized spacial score (nSPS) is 19.2. The fourth-order valence-corrected chi connectivity index (χ4v) is 2.16. The molecule has 4 heteroatoms. The lowest BCUT2D eigenvalue weighted by Crippen LogP contribution is -2.44. The molecule has 0 spiro atoms. The summed E-state index contributed by atoms with van der Waals surface area (Å²) < 4.78 is 5.33. The van der Waals surface area contributed by atoms with Crippen LogP contribution in [-0.2, 0) is 16.1 Å². The van der Waals surface area contributed by atoms with Gasteiger partial charge in [0.15, 0.2) is 0 Å². The fraction of sp³-hybridized carbons (Fsp3) is 0.533. The minimum absolute atomic E-state index is 0.0706. The zero-order valence-corrected chi connectivity index (χ0v) is 11.7. The Kier molecular flexibility index (Phi) is 4.93. The van der Waals surface area contributed by atoms with Crippen LogP contribution in [0.3, 0.4) is 0 Å². The second-order valence-electron chi connectivity index (χ2n) is 5.13. The molecule has 0 aliphatic carbocycles. The molecule has 19 heavy (non-hydrogen) atoms. The molecule has 1 heterocycles. The summed E-state index contributed by atoms with van der Waals surface area (Å²) in [6.45, 7) is 6.96. The molecule has 2 N–H and O–H groups in total. The van der Waals surface area contributed by atoms with Crippen molar-refractivity contribution < 1.29 is 9.53 Å². The Hall–Kier alpha value is -1.39. The van der Waals surface area contributed by atoms with Crippen LogP contribution in [0.1, 0.15) is 23.1 Å². The average molecular weight is 262 g/mol. The van der Waals surface area contributed by atoms with Crippen LogP contribution in [0.15, 0.2) is 18.2 Å². The molecule has 1 aliphatic heterocycles. The molecule has 1 aliphatic rings. The molecular weight excluding hydrogens is 240 g/mol. The molecule has 1 aromatic rings. The van der Waals surface area contributed by atoms with Gasteiger partial charge in [-0.2, -0.15) is 0 Å². The third-order valence-electron chi connectivity index (χ3n) is 3.49. The van der Waals surface area contributed by atoms with Gasteiger partial charge in [0.2, 0.25) is 5.91 Å². The van der Waals surface area contributed by atoms with E-state index in [0.29, 0.717) is 19.6 Å². The average Bonchev–Trinajstić information content (AvgIpc) is 2.41. The van der Waals surface area contributed by atoms with E-state index in [2.05, 4.69) is 42.7 Å². The van der Waals surface area contributed by atoms with Crippen LogP contribution in [-0.4, -0.2) is 31.7 Å². The number of morpholine rings is 1. The van der Waals surface area contributed by atoms with Gasteiger partial charge in [0.25, 0.3) is 0 Å². The van der Waals surface area contributed by atoms with Gasteiger partial charge >= 0.3 is 0 Å². The number of aryl methyl sites for hydroxylation is 2. The van der Waals surface area contributed by atoms with E-state index in [1.807, 2.05) is 0 Å². The van der Waals surface area contributed by atoms with Crippen molar-refractivity contribution in [3.05, 3.63) is 34.9 Å². The maximum atomic E-state index is 11.8. The maximum Gasteiger partial charge on any atom is 0.221 e. The summed E-state index contributed by atoms with van der Waals surface area (Å²) in [5, 5.41) is 6.24. The van der Waals surface area contributed by atoms with Crippen LogP contribution in [0.4, 0.5) is 0 Å². The van der Waals surface area contributed by atoms with E-state index < -0.39 is 0 Å². The van der Waals surface area contributed by atoms with Gasteiger partial charge in [0, 0.05) is 25.6 Å². The number of carbonyl (C=O) groups is 1. The van der Waals surface area contributed by atoms with E-state index in [4.69, 9.17) is 4.74 Å². The van der Waals surface area contributed by atoms with Crippen molar-refractivity contribution >= 4 is 5.91 Å². The summed E-state index contributed by atoms with van der Waals surface area (Å²) in [5.41, 5.74) is 3.68. The first kappa shape index (κ1) is 14.0. The van der Waals surface area contributed by atoms with Gasteiger partial charge in [-0.25, -0.2) is 0 Å². The summed E-state index contributed by atoms with van der Waals surface area (Å²) in [6.07, 6.45) is 0.477. The first-order valence-corrected chi connectivity index (χ1v) is 6.79. The molecule has 2 rings (SSSR count). The van der Waals surface area contributed by atoms with Crippen molar-refractivity contribution in [3.8, 4) is 0 Å². The van der Waals surface area contributed by atoms with Gasteiger partial charge in [-0.3, -0.25) is 4.79 Å². The van der Waals surface area contributed by atoms with Gasteiger partial charge in [-0.05, 0) is 30.5 Å². The quantitative estimate of drug-likeness (QED) is 0.860. The number of hydrogen-bond acceptors (Lipinski definition) is 3. The zero-order chi connectivity index (χ0) is 13.7. The Morgan fingerprint density at radius 3 is 2.95 bits per heavy atom. The second-order valence-corrected chi connectivity index (χ2v) is 5.13. The smallest absolute Gasteiger partial charge is 0.221 e. The molecule has 1 amide bonds. The third kappa shape index (κ3) is 4.33. The van der Waals surface area contributed by atoms with Gasteiger partial charge in [-0.15, -0.1) is 0 Å². The fourth-order valence-electron chi connectivity index (χ4n) is 2.16. The Morgan fingerprint density at radius 1 is 1.42 bits per heavy atom. The number of carbonyl (C=O) groups excluding carboxylic acids is 1. The minimum Gasteiger partial charge on any atom is -0.378 e. The molecule has 0 radical (unpaired) electrons. The molecule has 1 fully saturated rings. The Labute approximate surface area is 114 Å². The highest BCUT2D eigenvalue weighted by Gasteiger charge is 2.16. The highest BCUT2D eigenvalue weighted by Crippen LogP contribution is 2.09. The van der Waals surface area contributed by atoms with E-state index in [-0.39, 0.29) is 11.9 Å². The van der Waals surface area contributed by atoms with Crippen molar-refractivity contribution in [2.45, 2.75) is 32.9 Å². The van der Waals surface area contributed by atoms with Crippen molar-refractivity contribution in [2.24, 2.45) is 0 Å². The van der Waals surface area contributed by atoms with E-state index >= 15 is 0 Å². The summed E-state index contributed by atoms with van der Waals surface area (Å²) in [5.74, 6) is 0.0706. The first-order valence-electron chi connectivity index (χ1n) is 6.79. The molecule has 1 saturated heterocycles. The summed E-state index contributed by atoms with van der Waals surface area (Å²) in [4.78, 5) is 11.8. The second kappa shape index (κ2) is 6.68. The van der Waals surface area contributed by atoms with Gasteiger partial charge < -0.3 is 15.4 Å². The van der Waals surface area contributed by atoms with E-state index in [0.717, 1.165) is 18.7 Å². The molecule has 1 atom stereocenters. The highest BCUT2D eigenvalue weighted by molar-refractivity contribution is 5.76. The Bertz CT molecular complexity index is 440. The number of nitrogens with one attached hydrogen (secondary N) is 2. The molecule has 0 saturated carbocycles. The molecule has 1 aromatic carbocycles. The molecule has 4 nitrogen and oxygen atoms in total. The van der Waals surface area contributed by atoms with E-state index in [9.17, 15) is 4.79 Å². The first-order chi connectivity index (χ1) is 9.15. The number of rotatable bonds is 4. The van der Waals surface area contributed by atoms with E-state index in [1.54, 1.807) is 0 Å². The van der Waals surface area contributed by atoms with E-state index in [1.165, 1.54) is 11.1 Å². The SMILES string of the molecule is Cc1ccc(CNC(=O)CC2COCCN2)cc1C. The Morgan fingerprint density at radius 2 is 2.26 bits per heavy atom. The van der Waals surface area contributed by atoms with Crippen LogP contribution in [0, 0.1) is 13.8 Å². The molecule has 1 unspecified atom stereocenters. The van der Waals surface area contributed by atoms with Crippen molar-refractivity contribution in [2.75, 3.05) is 19.8 Å². The lowest BCUT2D eigenvalue weighted by atomic mass is 10.1. The molecule has 104 valence electrons. The molecule has 0 aromatic heterocycles. The number of hydrogen-bond donors (Lipinski definition) is 2. The summed E-state index contributed by atoms with van der Waals surface area (Å²) >= 11 is 0. The van der Waals surface area contributed by atoms with Gasteiger partial charge in [0.05, 0.1) is 13.2 Å². The van der Waals surface area contributed by atoms with Crippen molar-refractivity contribution in [3.63, 3.8) is 0 Å². The monoisotopic (exact) mass is 262 g/mol. The lowest BCUT2D eigenvalue weighted by Gasteiger charge is -2.23. The number of amides is 1. The third-order valence-corrected chi connectivity index (χ3v) is 3.49. The largest absolute Gasteiger partial charge is 0.378 e. The minimum atomic E-state index is 0.0706. The lowest BCUT2D eigenvalue weighted by molar-refractivity contribution is -0.122. The molecular formula is C15H22N2O2. The number of benzene rings is 1. The van der Waals surface area contributed by atoms with Crippen LogP contribution >= 0.6 is 0 Å². The van der Waals surface area contributed by atoms with Crippen LogP contribution < -0.4 is 10.6 Å². The summed E-state index contributed by atoms with van der Waals surface area (Å²) in [6, 6.07) is 6.42. The van der Waals surface area contributed by atoms with Gasteiger partial charge in [0.1, 0.15) is 0 Å². The Balaban J connectivity index is 1.77. The predicted octanol–water partition coefficient (Wildman–Crippen LogP) is 1.30. The van der Waals surface area contributed by atoms with Crippen molar-refractivity contribution in [1.82, 2.24) is 10.6 Å². The van der Waals surface area contributed by atoms with Crippen LogP contribution in [0.2, 0.25) is 0 Å². The maximum absolute atomic E-state index is 11.8. The van der Waals surface area contributed by atoms with Gasteiger partial charge in [-0.1, -0.05) is 18.2 Å². The number of ether oxygens (including phenoxy) is 1. The zero-order valence-electron chi connectivity index (χ0n) is 11.7. The van der Waals surface area contributed by atoms with Crippen molar-refractivity contribution in [1.29, 1.82) is 0 Å². The standard InChI is InChI=1S/C15H22N2O2/c1-11-3-4-13(7-12(11)2)9-17-15(18)8-14-10-19-6-5-16-14/h3-4,7,14,16H,5-6,8-10H2,1-2H3,(H,17,18). The van der Waals surface area contributed by atoms with Crippen LogP contribution in [0.5, 0.6) is 0 Å². The highest BCUT2D eigenvalue weighted by atomic mass is 16.5. The van der Waals surface area contributed by atoms with Crippen LogP contribution in [0.25, 0.3) is 0 Å². The topological polar surface area (TPSA) is 50.4 Å². The molecule has 0 bridgehead atoms.